The van der Waals surface area contributed by atoms with Crippen LogP contribution in [-0.4, -0.2) is 19.2 Å². The topological polar surface area (TPSA) is 21.3 Å². The van der Waals surface area contributed by atoms with Crippen molar-refractivity contribution in [3.63, 3.8) is 0 Å². The predicted octanol–water partition coefficient (Wildman–Crippen LogP) is 3.11. The molecule has 0 spiro atoms. The van der Waals surface area contributed by atoms with Gasteiger partial charge in [-0.05, 0) is 33.1 Å². The van der Waals surface area contributed by atoms with Crippen LogP contribution in [0, 0.1) is 0 Å². The molecule has 1 aromatic rings. The molecule has 2 heterocycles. The first kappa shape index (κ1) is 12.7. The lowest BCUT2D eigenvalue weighted by Gasteiger charge is -2.29. The van der Waals surface area contributed by atoms with E-state index in [1.807, 2.05) is 6.07 Å². The van der Waals surface area contributed by atoms with E-state index in [1.54, 1.807) is 0 Å². The molecule has 0 bridgehead atoms. The maximum atomic E-state index is 6.13. The third-order valence-corrected chi connectivity index (χ3v) is 4.60. The van der Waals surface area contributed by atoms with Crippen molar-refractivity contribution in [3.05, 3.63) is 32.8 Å². The van der Waals surface area contributed by atoms with Gasteiger partial charge >= 0.3 is 0 Å². The van der Waals surface area contributed by atoms with Crippen molar-refractivity contribution in [2.45, 2.75) is 18.6 Å². The highest BCUT2D eigenvalue weighted by Crippen LogP contribution is 2.40. The van der Waals surface area contributed by atoms with E-state index in [2.05, 4.69) is 27.3 Å². The number of rotatable bonds is 0. The summed E-state index contributed by atoms with van der Waals surface area (Å²) < 4.78 is 6.84. The highest BCUT2D eigenvalue weighted by atomic mass is 79.9. The van der Waals surface area contributed by atoms with E-state index in [4.69, 9.17) is 16.3 Å². The van der Waals surface area contributed by atoms with E-state index in [-0.39, 0.29) is 12.4 Å². The van der Waals surface area contributed by atoms with Crippen LogP contribution in [0.2, 0.25) is 5.02 Å². The maximum absolute atomic E-state index is 6.13. The van der Waals surface area contributed by atoms with E-state index in [9.17, 15) is 0 Å². The van der Waals surface area contributed by atoms with Gasteiger partial charge in [-0.25, -0.2) is 0 Å². The van der Waals surface area contributed by atoms with Crippen molar-refractivity contribution in [1.82, 2.24) is 5.32 Å². The summed E-state index contributed by atoms with van der Waals surface area (Å²) >= 11 is 9.72. The summed E-state index contributed by atoms with van der Waals surface area (Å²) in [5.41, 5.74) is 2.60. The van der Waals surface area contributed by atoms with E-state index < -0.39 is 0 Å². The van der Waals surface area contributed by atoms with Crippen LogP contribution in [0.3, 0.4) is 0 Å². The second-order valence-electron chi connectivity index (χ2n) is 4.05. The van der Waals surface area contributed by atoms with E-state index >= 15 is 0 Å². The van der Waals surface area contributed by atoms with Crippen LogP contribution in [0.25, 0.3) is 0 Å². The first-order valence-corrected chi connectivity index (χ1v) is 6.23. The fraction of sp³-hybridized carbons (Fsp3) is 0.455. The second kappa shape index (κ2) is 4.83. The maximum Gasteiger partial charge on any atom is 0.0785 e. The third kappa shape index (κ3) is 1.89. The molecule has 0 radical (unpaired) electrons. The van der Waals surface area contributed by atoms with Gasteiger partial charge in [0.25, 0.3) is 0 Å². The Labute approximate surface area is 114 Å². The average Bonchev–Trinajstić information content (AvgIpc) is 2.70. The van der Waals surface area contributed by atoms with Gasteiger partial charge in [0.05, 0.1) is 17.7 Å². The Kier molecular flexibility index (Phi) is 3.82. The van der Waals surface area contributed by atoms with Crippen LogP contribution >= 0.6 is 39.9 Å². The van der Waals surface area contributed by atoms with Gasteiger partial charge in [-0.15, -0.1) is 12.4 Å². The molecule has 1 aromatic carbocycles. The molecule has 1 fully saturated rings. The minimum atomic E-state index is 0. The van der Waals surface area contributed by atoms with Crippen molar-refractivity contribution in [2.75, 3.05) is 13.1 Å². The Morgan fingerprint density at radius 2 is 2.19 bits per heavy atom. The lowest BCUT2D eigenvalue weighted by molar-refractivity contribution is 0.0297. The first-order valence-electron chi connectivity index (χ1n) is 5.06. The van der Waals surface area contributed by atoms with Gasteiger partial charge in [0.15, 0.2) is 0 Å². The minimum absolute atomic E-state index is 0. The molecule has 2 atom stereocenters. The standard InChI is InChI=1S/C11H11BrClNO.ClH/c12-11-8(13)2-1-6-5-15-9-4-14-3-7(9)10(6)11;/h1-2,7,9,14H,3-5H2;1H. The second-order valence-corrected chi connectivity index (χ2v) is 5.25. The smallest absolute Gasteiger partial charge is 0.0785 e. The molecule has 16 heavy (non-hydrogen) atoms. The average molecular weight is 325 g/mol. The Bertz CT molecular complexity index is 413. The molecule has 1 N–H and O–H groups in total. The zero-order chi connectivity index (χ0) is 10.4. The van der Waals surface area contributed by atoms with Crippen molar-refractivity contribution in [1.29, 1.82) is 0 Å². The molecule has 0 aliphatic carbocycles. The number of benzene rings is 1. The van der Waals surface area contributed by atoms with Crippen LogP contribution in [0.4, 0.5) is 0 Å². The number of hydrogen-bond donors (Lipinski definition) is 1. The number of fused-ring (bicyclic) bond motifs is 3. The molecule has 2 nitrogen and oxygen atoms in total. The molecule has 0 aromatic heterocycles. The van der Waals surface area contributed by atoms with Gasteiger partial charge in [-0.1, -0.05) is 17.7 Å². The van der Waals surface area contributed by atoms with E-state index in [1.165, 1.54) is 11.1 Å². The van der Waals surface area contributed by atoms with E-state index in [0.29, 0.717) is 18.6 Å². The molecule has 2 aliphatic rings. The Morgan fingerprint density at radius 1 is 1.38 bits per heavy atom. The third-order valence-electron chi connectivity index (χ3n) is 3.21. The van der Waals surface area contributed by atoms with Gasteiger partial charge < -0.3 is 10.1 Å². The molecule has 2 unspecified atom stereocenters. The number of nitrogens with one attached hydrogen (secondary N) is 1. The molecular formula is C11H12BrCl2NO. The largest absolute Gasteiger partial charge is 0.372 e. The van der Waals surface area contributed by atoms with Gasteiger partial charge in [-0.3, -0.25) is 0 Å². The van der Waals surface area contributed by atoms with E-state index in [0.717, 1.165) is 22.6 Å². The number of ether oxygens (including phenoxy) is 1. The van der Waals surface area contributed by atoms with Gasteiger partial charge in [0, 0.05) is 23.5 Å². The number of halogens is 3. The summed E-state index contributed by atoms with van der Waals surface area (Å²) in [4.78, 5) is 0. The lowest BCUT2D eigenvalue weighted by Crippen LogP contribution is -2.27. The number of hydrogen-bond acceptors (Lipinski definition) is 2. The quantitative estimate of drug-likeness (QED) is 0.791. The summed E-state index contributed by atoms with van der Waals surface area (Å²) in [6, 6.07) is 3.99. The van der Waals surface area contributed by atoms with Crippen molar-refractivity contribution < 1.29 is 4.74 Å². The summed E-state index contributed by atoms with van der Waals surface area (Å²) in [5.74, 6) is 0.446. The molecule has 2 aliphatic heterocycles. The van der Waals surface area contributed by atoms with Crippen molar-refractivity contribution in [3.8, 4) is 0 Å². The fourth-order valence-corrected chi connectivity index (χ4v) is 3.29. The highest BCUT2D eigenvalue weighted by Gasteiger charge is 2.35. The van der Waals surface area contributed by atoms with Crippen molar-refractivity contribution >= 4 is 39.9 Å². The Balaban J connectivity index is 0.000000963. The Morgan fingerprint density at radius 3 is 3.00 bits per heavy atom. The molecule has 0 saturated carbocycles. The summed E-state index contributed by atoms with van der Waals surface area (Å²) in [6.07, 6.45) is 0.312. The lowest BCUT2D eigenvalue weighted by atomic mass is 9.90. The molecule has 3 rings (SSSR count). The van der Waals surface area contributed by atoms with Crippen LogP contribution in [0.5, 0.6) is 0 Å². The summed E-state index contributed by atoms with van der Waals surface area (Å²) in [7, 11) is 0. The van der Waals surface area contributed by atoms with Gasteiger partial charge in [0.2, 0.25) is 0 Å². The Hall–Kier alpha value is 0.200. The van der Waals surface area contributed by atoms with Crippen LogP contribution in [-0.2, 0) is 11.3 Å². The summed E-state index contributed by atoms with van der Waals surface area (Å²) in [5, 5.41) is 4.16. The SMILES string of the molecule is Cl.Clc1ccc2c(c1Br)C1CNCC1OC2. The molecule has 88 valence electrons. The van der Waals surface area contributed by atoms with Gasteiger partial charge in [0.1, 0.15) is 0 Å². The molecule has 0 amide bonds. The van der Waals surface area contributed by atoms with Crippen molar-refractivity contribution in [2.24, 2.45) is 0 Å². The zero-order valence-corrected chi connectivity index (χ0v) is 11.7. The summed E-state index contributed by atoms with van der Waals surface area (Å²) in [6.45, 7) is 2.63. The molecule has 5 heteroatoms. The predicted molar refractivity (Wildman–Crippen MR) is 70.6 cm³/mol. The highest BCUT2D eigenvalue weighted by molar-refractivity contribution is 9.10. The first-order chi connectivity index (χ1) is 7.27. The minimum Gasteiger partial charge on any atom is -0.372 e. The fourth-order valence-electron chi connectivity index (χ4n) is 2.45. The van der Waals surface area contributed by atoms with Crippen LogP contribution < -0.4 is 5.32 Å². The normalized spacial score (nSPS) is 26.9. The monoisotopic (exact) mass is 323 g/mol. The zero-order valence-electron chi connectivity index (χ0n) is 8.50. The van der Waals surface area contributed by atoms with Crippen LogP contribution in [0.15, 0.2) is 16.6 Å². The molecule has 1 saturated heterocycles. The van der Waals surface area contributed by atoms with Gasteiger partial charge in [-0.2, -0.15) is 0 Å². The molecular weight excluding hydrogens is 313 g/mol. The van der Waals surface area contributed by atoms with Crippen LogP contribution in [0.1, 0.15) is 17.0 Å².